The number of rotatable bonds is 2. The fourth-order valence-electron chi connectivity index (χ4n) is 3.41. The summed E-state index contributed by atoms with van der Waals surface area (Å²) in [6.07, 6.45) is 3.93. The second-order valence-electron chi connectivity index (χ2n) is 6.04. The number of hydrogen-bond donors (Lipinski definition) is 0. The van der Waals surface area contributed by atoms with Crippen LogP contribution in [0.15, 0.2) is 0 Å². The minimum Gasteiger partial charge on any atom is -0.464 e. The molecule has 21 heavy (non-hydrogen) atoms. The van der Waals surface area contributed by atoms with Gasteiger partial charge in [-0.25, -0.2) is 9.78 Å². The van der Waals surface area contributed by atoms with Crippen molar-refractivity contribution in [2.24, 2.45) is 0 Å². The number of hydrogen-bond acceptors (Lipinski definition) is 6. The fraction of sp³-hybridized carbons (Fsp3) is 0.733. The van der Waals surface area contributed by atoms with Crippen molar-refractivity contribution in [3.63, 3.8) is 0 Å². The zero-order chi connectivity index (χ0) is 15.0. The quantitative estimate of drug-likeness (QED) is 0.785. The molecule has 0 aliphatic carbocycles. The first-order valence-electron chi connectivity index (χ1n) is 7.66. The Labute approximate surface area is 129 Å². The Morgan fingerprint density at radius 3 is 2.95 bits per heavy atom. The minimum absolute atomic E-state index is 0.334. The van der Waals surface area contributed by atoms with Crippen LogP contribution in [0, 0.1) is 6.92 Å². The predicted molar refractivity (Wildman–Crippen MR) is 84.2 cm³/mol. The fourth-order valence-corrected chi connectivity index (χ4v) is 4.42. The summed E-state index contributed by atoms with van der Waals surface area (Å²) in [5, 5.41) is 0.964. The smallest absolute Gasteiger partial charge is 0.357 e. The maximum Gasteiger partial charge on any atom is 0.357 e. The number of esters is 1. The lowest BCUT2D eigenvalue weighted by Crippen LogP contribution is -2.58. The standard InChI is InChI=1S/C15H23N3O2S/c1-10-8-17-7-5-4-6-12(17)9-18(10)15-16-13(11(2)21-15)14(19)20-3/h10,12H,4-9H2,1-3H3. The number of fused-ring (bicyclic) bond motifs is 1. The average Bonchev–Trinajstić information content (AvgIpc) is 2.87. The number of ether oxygens (including phenoxy) is 1. The Balaban J connectivity index is 1.81. The number of nitrogens with zero attached hydrogens (tertiary/aromatic N) is 3. The number of carbonyl (C=O) groups is 1. The van der Waals surface area contributed by atoms with Crippen LogP contribution in [0.5, 0.6) is 0 Å². The molecule has 2 atom stereocenters. The number of aromatic nitrogens is 1. The van der Waals surface area contributed by atoms with Crippen LogP contribution in [0.4, 0.5) is 5.13 Å². The molecule has 1 aromatic rings. The summed E-state index contributed by atoms with van der Waals surface area (Å²) >= 11 is 1.60. The van der Waals surface area contributed by atoms with Gasteiger partial charge < -0.3 is 9.64 Å². The lowest BCUT2D eigenvalue weighted by molar-refractivity contribution is 0.0594. The van der Waals surface area contributed by atoms with Gasteiger partial charge in [-0.2, -0.15) is 0 Å². The van der Waals surface area contributed by atoms with E-state index in [1.54, 1.807) is 11.3 Å². The molecule has 3 heterocycles. The topological polar surface area (TPSA) is 45.7 Å². The van der Waals surface area contributed by atoms with Gasteiger partial charge in [-0.05, 0) is 33.2 Å². The lowest BCUT2D eigenvalue weighted by Gasteiger charge is -2.47. The number of thiazole rings is 1. The molecule has 0 spiro atoms. The molecule has 2 fully saturated rings. The average molecular weight is 309 g/mol. The van der Waals surface area contributed by atoms with Crippen LogP contribution in [0.3, 0.4) is 0 Å². The molecular formula is C15H23N3O2S. The van der Waals surface area contributed by atoms with Crippen molar-refractivity contribution in [1.82, 2.24) is 9.88 Å². The summed E-state index contributed by atoms with van der Waals surface area (Å²) in [7, 11) is 1.41. The third-order valence-corrected chi connectivity index (χ3v) is 5.60. The van der Waals surface area contributed by atoms with Crippen LogP contribution in [0.25, 0.3) is 0 Å². The largest absolute Gasteiger partial charge is 0.464 e. The first kappa shape index (κ1) is 14.8. The number of carbonyl (C=O) groups excluding carboxylic acids is 1. The molecular weight excluding hydrogens is 286 g/mol. The SMILES string of the molecule is COC(=O)c1nc(N2CC3CCCCN3CC2C)sc1C. The van der Waals surface area contributed by atoms with Crippen molar-refractivity contribution in [2.75, 3.05) is 31.6 Å². The molecule has 0 bridgehead atoms. The van der Waals surface area contributed by atoms with E-state index >= 15 is 0 Å². The monoisotopic (exact) mass is 309 g/mol. The third-order valence-electron chi connectivity index (χ3n) is 4.60. The molecule has 3 rings (SSSR count). The van der Waals surface area contributed by atoms with Gasteiger partial charge in [0.25, 0.3) is 0 Å². The second-order valence-corrected chi connectivity index (χ2v) is 7.22. The van der Waals surface area contributed by atoms with E-state index in [4.69, 9.17) is 4.74 Å². The van der Waals surface area contributed by atoms with E-state index in [2.05, 4.69) is 21.7 Å². The molecule has 0 amide bonds. The molecule has 116 valence electrons. The van der Waals surface area contributed by atoms with E-state index in [-0.39, 0.29) is 5.97 Å². The number of methoxy groups -OCH3 is 1. The van der Waals surface area contributed by atoms with Gasteiger partial charge >= 0.3 is 5.97 Å². The van der Waals surface area contributed by atoms with Crippen LogP contribution in [-0.2, 0) is 4.74 Å². The molecule has 2 saturated heterocycles. The molecule has 0 N–H and O–H groups in total. The van der Waals surface area contributed by atoms with Crippen LogP contribution in [0.1, 0.15) is 41.6 Å². The van der Waals surface area contributed by atoms with Crippen LogP contribution in [-0.4, -0.2) is 54.7 Å². The van der Waals surface area contributed by atoms with Gasteiger partial charge in [0.2, 0.25) is 0 Å². The van der Waals surface area contributed by atoms with Crippen LogP contribution in [0.2, 0.25) is 0 Å². The van der Waals surface area contributed by atoms with Crippen LogP contribution < -0.4 is 4.90 Å². The lowest BCUT2D eigenvalue weighted by atomic mass is 9.97. The van der Waals surface area contributed by atoms with Crippen molar-refractivity contribution in [2.45, 2.75) is 45.2 Å². The summed E-state index contributed by atoms with van der Waals surface area (Å²) in [6, 6.07) is 1.08. The molecule has 0 radical (unpaired) electrons. The second kappa shape index (κ2) is 5.93. The highest BCUT2D eigenvalue weighted by Gasteiger charge is 2.34. The molecule has 1 aromatic heterocycles. The first-order chi connectivity index (χ1) is 10.1. The van der Waals surface area contributed by atoms with Gasteiger partial charge in [0, 0.05) is 30.1 Å². The van der Waals surface area contributed by atoms with Gasteiger partial charge in [0.05, 0.1) is 7.11 Å². The maximum atomic E-state index is 11.7. The summed E-state index contributed by atoms with van der Waals surface area (Å²) in [4.78, 5) is 22.2. The number of anilines is 1. The van der Waals surface area contributed by atoms with Gasteiger partial charge in [-0.1, -0.05) is 6.42 Å². The van der Waals surface area contributed by atoms with Gasteiger partial charge in [0.15, 0.2) is 10.8 Å². The maximum absolute atomic E-state index is 11.7. The Kier molecular flexibility index (Phi) is 4.17. The molecule has 0 aromatic carbocycles. The summed E-state index contributed by atoms with van der Waals surface area (Å²) in [5.74, 6) is -0.334. The number of piperidine rings is 1. The molecule has 2 unspecified atom stereocenters. The normalized spacial score (nSPS) is 26.5. The molecule has 0 saturated carbocycles. The van der Waals surface area contributed by atoms with E-state index in [1.807, 2.05) is 6.92 Å². The summed E-state index contributed by atoms with van der Waals surface area (Å²) in [6.45, 7) is 7.53. The number of piperazine rings is 1. The van der Waals surface area contributed by atoms with E-state index in [0.717, 1.165) is 23.1 Å². The van der Waals surface area contributed by atoms with Crippen molar-refractivity contribution in [3.8, 4) is 0 Å². The molecule has 2 aliphatic heterocycles. The zero-order valence-corrected chi connectivity index (χ0v) is 13.8. The van der Waals surface area contributed by atoms with Gasteiger partial charge in [-0.3, -0.25) is 4.90 Å². The highest BCUT2D eigenvalue weighted by Crippen LogP contribution is 2.32. The van der Waals surface area contributed by atoms with Gasteiger partial charge in [0.1, 0.15) is 0 Å². The third kappa shape index (κ3) is 2.79. The zero-order valence-electron chi connectivity index (χ0n) is 13.0. The van der Waals surface area contributed by atoms with Gasteiger partial charge in [-0.15, -0.1) is 11.3 Å². The Morgan fingerprint density at radius 1 is 1.38 bits per heavy atom. The number of aryl methyl sites for hydroxylation is 1. The molecule has 5 nitrogen and oxygen atoms in total. The molecule has 2 aliphatic rings. The minimum atomic E-state index is -0.334. The van der Waals surface area contributed by atoms with E-state index in [0.29, 0.717) is 17.8 Å². The van der Waals surface area contributed by atoms with Crippen molar-refractivity contribution in [1.29, 1.82) is 0 Å². The highest BCUT2D eigenvalue weighted by molar-refractivity contribution is 7.15. The highest BCUT2D eigenvalue weighted by atomic mass is 32.1. The van der Waals surface area contributed by atoms with E-state index < -0.39 is 0 Å². The Bertz CT molecular complexity index is 531. The Morgan fingerprint density at radius 2 is 2.19 bits per heavy atom. The van der Waals surface area contributed by atoms with E-state index in [1.165, 1.54) is 32.9 Å². The van der Waals surface area contributed by atoms with Crippen LogP contribution >= 0.6 is 11.3 Å². The first-order valence-corrected chi connectivity index (χ1v) is 8.48. The van der Waals surface area contributed by atoms with Crippen molar-refractivity contribution >= 4 is 22.4 Å². The van der Waals surface area contributed by atoms with Crippen molar-refractivity contribution < 1.29 is 9.53 Å². The molecule has 6 heteroatoms. The predicted octanol–water partition coefficient (Wildman–Crippen LogP) is 2.30. The Hall–Kier alpha value is -1.14. The summed E-state index contributed by atoms with van der Waals surface area (Å²) in [5.41, 5.74) is 0.468. The van der Waals surface area contributed by atoms with Crippen molar-refractivity contribution in [3.05, 3.63) is 10.6 Å². The summed E-state index contributed by atoms with van der Waals surface area (Å²) < 4.78 is 4.81. The van der Waals surface area contributed by atoms with E-state index in [9.17, 15) is 4.79 Å².